The van der Waals surface area contributed by atoms with Gasteiger partial charge in [0.25, 0.3) is 0 Å². The fourth-order valence-electron chi connectivity index (χ4n) is 2.39. The third-order valence-corrected chi connectivity index (χ3v) is 3.78. The number of benzene rings is 1. The van der Waals surface area contributed by atoms with Crippen LogP contribution < -0.4 is 9.47 Å². The molecule has 0 aliphatic carbocycles. The Balaban J connectivity index is 1.74. The number of halogens is 1. The van der Waals surface area contributed by atoms with E-state index >= 15 is 0 Å². The van der Waals surface area contributed by atoms with E-state index in [0.29, 0.717) is 53.2 Å². The van der Waals surface area contributed by atoms with Crippen LogP contribution in [0.2, 0.25) is 5.02 Å². The van der Waals surface area contributed by atoms with Crippen molar-refractivity contribution in [3.05, 3.63) is 39.7 Å². The fourth-order valence-corrected chi connectivity index (χ4v) is 2.68. The number of nitrogens with zero attached hydrogens (tertiary/aromatic N) is 1. The smallest absolute Gasteiger partial charge is 0.344 e. The quantitative estimate of drug-likeness (QED) is 0.797. The molecule has 1 aliphatic rings. The van der Waals surface area contributed by atoms with Crippen molar-refractivity contribution in [2.75, 3.05) is 13.2 Å². The van der Waals surface area contributed by atoms with Gasteiger partial charge in [-0.3, -0.25) is 0 Å². The van der Waals surface area contributed by atoms with E-state index in [9.17, 15) is 4.79 Å². The van der Waals surface area contributed by atoms with Gasteiger partial charge in [0.1, 0.15) is 31.1 Å². The van der Waals surface area contributed by atoms with Crippen molar-refractivity contribution in [1.82, 2.24) is 5.16 Å². The number of rotatable bonds is 4. The van der Waals surface area contributed by atoms with E-state index in [-0.39, 0.29) is 6.61 Å². The number of hydrogen-bond acceptors (Lipinski definition) is 6. The predicted molar refractivity (Wildman–Crippen MR) is 82.2 cm³/mol. The number of aromatic nitrogens is 1. The zero-order valence-corrected chi connectivity index (χ0v) is 13.6. The Hall–Kier alpha value is -2.21. The first kappa shape index (κ1) is 15.7. The second-order valence-corrected chi connectivity index (χ2v) is 5.50. The number of fused-ring (bicyclic) bond motifs is 1. The Morgan fingerprint density at radius 3 is 2.91 bits per heavy atom. The lowest BCUT2D eigenvalue weighted by Crippen LogP contribution is -2.16. The molecule has 0 radical (unpaired) electrons. The van der Waals surface area contributed by atoms with Gasteiger partial charge in [0.2, 0.25) is 0 Å². The molecular formula is C16H16ClNO5. The first-order valence-electron chi connectivity index (χ1n) is 7.30. The third-order valence-electron chi connectivity index (χ3n) is 3.50. The summed E-state index contributed by atoms with van der Waals surface area (Å²) in [5, 5.41) is 4.28. The molecule has 1 aliphatic heterocycles. The summed E-state index contributed by atoms with van der Waals surface area (Å²) in [7, 11) is 0. The molecule has 7 heteroatoms. The van der Waals surface area contributed by atoms with Crippen molar-refractivity contribution in [3.8, 4) is 11.5 Å². The SMILES string of the molecule is CCc1noc(C)c1C(=O)OCc1cc(Cl)c2c(c1)OCCO2. The molecule has 0 saturated carbocycles. The third kappa shape index (κ3) is 3.12. The number of hydrogen-bond donors (Lipinski definition) is 0. The zero-order valence-electron chi connectivity index (χ0n) is 12.8. The van der Waals surface area contributed by atoms with Gasteiger partial charge in [0, 0.05) is 0 Å². The number of ether oxygens (including phenoxy) is 3. The number of carbonyl (C=O) groups is 1. The van der Waals surface area contributed by atoms with Crippen LogP contribution in [0.5, 0.6) is 11.5 Å². The summed E-state index contributed by atoms with van der Waals surface area (Å²) >= 11 is 6.16. The molecule has 0 spiro atoms. The number of aryl methyl sites for hydroxylation is 2. The van der Waals surface area contributed by atoms with Gasteiger partial charge in [-0.25, -0.2) is 4.79 Å². The lowest BCUT2D eigenvalue weighted by atomic mass is 10.1. The van der Waals surface area contributed by atoms with Gasteiger partial charge in [-0.15, -0.1) is 0 Å². The van der Waals surface area contributed by atoms with Crippen molar-refractivity contribution in [1.29, 1.82) is 0 Å². The molecule has 0 bridgehead atoms. The highest BCUT2D eigenvalue weighted by molar-refractivity contribution is 6.32. The first-order valence-corrected chi connectivity index (χ1v) is 7.68. The molecule has 2 heterocycles. The summed E-state index contributed by atoms with van der Waals surface area (Å²) in [6, 6.07) is 3.46. The molecule has 3 rings (SSSR count). The summed E-state index contributed by atoms with van der Waals surface area (Å²) in [5.74, 6) is 1.07. The molecule has 0 unspecified atom stereocenters. The maximum Gasteiger partial charge on any atom is 0.344 e. The molecule has 2 aromatic rings. The summed E-state index contributed by atoms with van der Waals surface area (Å²) < 4.78 is 21.4. The van der Waals surface area contributed by atoms with Crippen LogP contribution >= 0.6 is 11.6 Å². The fraction of sp³-hybridized carbons (Fsp3) is 0.375. The highest BCUT2D eigenvalue weighted by Crippen LogP contribution is 2.38. The van der Waals surface area contributed by atoms with E-state index in [1.54, 1.807) is 19.1 Å². The van der Waals surface area contributed by atoms with E-state index < -0.39 is 5.97 Å². The minimum absolute atomic E-state index is 0.0724. The van der Waals surface area contributed by atoms with E-state index in [1.165, 1.54) is 0 Å². The highest BCUT2D eigenvalue weighted by atomic mass is 35.5. The van der Waals surface area contributed by atoms with Gasteiger partial charge >= 0.3 is 5.97 Å². The Labute approximate surface area is 138 Å². The molecule has 0 saturated heterocycles. The lowest BCUT2D eigenvalue weighted by molar-refractivity contribution is 0.0469. The number of carbonyl (C=O) groups excluding carboxylic acids is 1. The largest absolute Gasteiger partial charge is 0.486 e. The van der Waals surface area contributed by atoms with Crippen LogP contribution in [0.15, 0.2) is 16.7 Å². The average Bonchev–Trinajstić information content (AvgIpc) is 2.93. The van der Waals surface area contributed by atoms with Crippen molar-refractivity contribution < 1.29 is 23.5 Å². The molecule has 122 valence electrons. The van der Waals surface area contributed by atoms with Gasteiger partial charge < -0.3 is 18.7 Å². The monoisotopic (exact) mass is 337 g/mol. The molecule has 1 aromatic carbocycles. The highest BCUT2D eigenvalue weighted by Gasteiger charge is 2.21. The molecule has 0 atom stereocenters. The Bertz CT molecular complexity index is 740. The van der Waals surface area contributed by atoms with Crippen molar-refractivity contribution in [3.63, 3.8) is 0 Å². The van der Waals surface area contributed by atoms with Gasteiger partial charge in [-0.05, 0) is 31.0 Å². The minimum atomic E-state index is -0.466. The lowest BCUT2D eigenvalue weighted by Gasteiger charge is -2.20. The van der Waals surface area contributed by atoms with E-state index in [0.717, 1.165) is 5.56 Å². The summed E-state index contributed by atoms with van der Waals surface area (Å²) in [6.07, 6.45) is 0.595. The Morgan fingerprint density at radius 2 is 2.13 bits per heavy atom. The van der Waals surface area contributed by atoms with Crippen molar-refractivity contribution in [2.45, 2.75) is 26.9 Å². The molecule has 1 aromatic heterocycles. The average molecular weight is 338 g/mol. The van der Waals surface area contributed by atoms with Crippen LogP contribution in [0.4, 0.5) is 0 Å². The van der Waals surface area contributed by atoms with Crippen LogP contribution in [0.1, 0.15) is 34.3 Å². The van der Waals surface area contributed by atoms with E-state index in [2.05, 4.69) is 5.16 Å². The molecule has 6 nitrogen and oxygen atoms in total. The van der Waals surface area contributed by atoms with Crippen LogP contribution in [0.25, 0.3) is 0 Å². The maximum absolute atomic E-state index is 12.2. The van der Waals surface area contributed by atoms with E-state index in [4.69, 9.17) is 30.3 Å². The summed E-state index contributed by atoms with van der Waals surface area (Å²) in [6.45, 7) is 4.58. The van der Waals surface area contributed by atoms with Crippen LogP contribution in [0, 0.1) is 6.92 Å². The summed E-state index contributed by atoms with van der Waals surface area (Å²) in [4.78, 5) is 12.2. The molecule has 0 fully saturated rings. The van der Waals surface area contributed by atoms with Gasteiger partial charge in [-0.2, -0.15) is 0 Å². The zero-order chi connectivity index (χ0) is 16.4. The predicted octanol–water partition coefficient (Wildman–Crippen LogP) is 3.33. The number of esters is 1. The Morgan fingerprint density at radius 1 is 1.35 bits per heavy atom. The second kappa shape index (κ2) is 6.50. The van der Waals surface area contributed by atoms with E-state index in [1.807, 2.05) is 6.92 Å². The first-order chi connectivity index (χ1) is 11.1. The summed E-state index contributed by atoms with van der Waals surface area (Å²) in [5.41, 5.74) is 1.70. The standard InChI is InChI=1S/C16H16ClNO5/c1-3-12-14(9(2)23-18-12)16(19)22-8-10-6-11(17)15-13(7-10)20-4-5-21-15/h6-7H,3-5,8H2,1-2H3. The van der Waals surface area contributed by atoms with Gasteiger partial charge in [0.05, 0.1) is 10.7 Å². The van der Waals surface area contributed by atoms with Crippen molar-refractivity contribution >= 4 is 17.6 Å². The normalized spacial score (nSPS) is 13.0. The maximum atomic E-state index is 12.2. The minimum Gasteiger partial charge on any atom is -0.486 e. The topological polar surface area (TPSA) is 70.8 Å². The van der Waals surface area contributed by atoms with Gasteiger partial charge in [0.15, 0.2) is 11.5 Å². The van der Waals surface area contributed by atoms with Gasteiger partial charge in [-0.1, -0.05) is 23.7 Å². The molecule has 23 heavy (non-hydrogen) atoms. The molecule has 0 N–H and O–H groups in total. The Kier molecular flexibility index (Phi) is 4.43. The molecular weight excluding hydrogens is 322 g/mol. The van der Waals surface area contributed by atoms with Crippen molar-refractivity contribution in [2.24, 2.45) is 0 Å². The second-order valence-electron chi connectivity index (χ2n) is 5.09. The van der Waals surface area contributed by atoms with Crippen LogP contribution in [0.3, 0.4) is 0 Å². The van der Waals surface area contributed by atoms with Crippen LogP contribution in [-0.2, 0) is 17.8 Å². The van der Waals surface area contributed by atoms with Crippen LogP contribution in [-0.4, -0.2) is 24.3 Å². The molecule has 0 amide bonds.